The first-order chi connectivity index (χ1) is 6.95. The van der Waals surface area contributed by atoms with Crippen molar-refractivity contribution >= 4 is 5.97 Å². The molecule has 3 rings (SSSR count). The van der Waals surface area contributed by atoms with Gasteiger partial charge in [-0.15, -0.1) is 0 Å². The van der Waals surface area contributed by atoms with Crippen LogP contribution < -0.4 is 0 Å². The van der Waals surface area contributed by atoms with E-state index >= 15 is 0 Å². The molecule has 4 nitrogen and oxygen atoms in total. The first-order valence-corrected chi connectivity index (χ1v) is 5.44. The van der Waals surface area contributed by atoms with E-state index in [1.54, 1.807) is 0 Å². The second kappa shape index (κ2) is 2.55. The molecule has 3 aliphatic rings. The number of esters is 1. The molecule has 0 bridgehead atoms. The van der Waals surface area contributed by atoms with Gasteiger partial charge in [-0.3, -0.25) is 4.79 Å². The number of carbonyl (C=O) groups excluding carboxylic acids is 1. The van der Waals surface area contributed by atoms with Crippen LogP contribution in [0.3, 0.4) is 0 Å². The third-order valence-electron chi connectivity index (χ3n) is 3.84. The quantitative estimate of drug-likeness (QED) is 0.503. The Bertz CT molecular complexity index is 307. The van der Waals surface area contributed by atoms with E-state index in [1.165, 1.54) is 6.92 Å². The van der Waals surface area contributed by atoms with Gasteiger partial charge in [0.15, 0.2) is 0 Å². The summed E-state index contributed by atoms with van der Waals surface area (Å²) in [5, 5.41) is 0. The van der Waals surface area contributed by atoms with Crippen LogP contribution in [0, 0.1) is 5.92 Å². The second-order valence-corrected chi connectivity index (χ2v) is 5.35. The average molecular weight is 212 g/mol. The minimum atomic E-state index is -0.231. The molecule has 0 spiro atoms. The van der Waals surface area contributed by atoms with Crippen molar-refractivity contribution in [3.63, 3.8) is 0 Å². The Morgan fingerprint density at radius 2 is 1.87 bits per heavy atom. The Labute approximate surface area is 88.9 Å². The van der Waals surface area contributed by atoms with Gasteiger partial charge in [-0.1, -0.05) is 0 Å². The number of hydrogen-bond donors (Lipinski definition) is 0. The maximum absolute atomic E-state index is 10.8. The fourth-order valence-corrected chi connectivity index (χ4v) is 3.12. The van der Waals surface area contributed by atoms with Gasteiger partial charge in [0.05, 0.1) is 35.9 Å². The summed E-state index contributed by atoms with van der Waals surface area (Å²) in [5.41, 5.74) is -0.0703. The second-order valence-electron chi connectivity index (χ2n) is 5.35. The monoisotopic (exact) mass is 212 g/mol. The van der Waals surface area contributed by atoms with Crippen LogP contribution in [0.2, 0.25) is 0 Å². The van der Waals surface area contributed by atoms with Crippen molar-refractivity contribution in [3.8, 4) is 0 Å². The van der Waals surface area contributed by atoms with Crippen LogP contribution in [0.25, 0.3) is 0 Å². The fourth-order valence-electron chi connectivity index (χ4n) is 3.12. The van der Waals surface area contributed by atoms with Crippen molar-refractivity contribution in [1.82, 2.24) is 0 Å². The zero-order valence-electron chi connectivity index (χ0n) is 9.28. The molecule has 4 unspecified atom stereocenters. The van der Waals surface area contributed by atoms with Gasteiger partial charge in [-0.05, 0) is 13.8 Å². The summed E-state index contributed by atoms with van der Waals surface area (Å²) in [6.07, 6.45) is 1.40. The van der Waals surface area contributed by atoms with E-state index in [2.05, 4.69) is 13.8 Å². The Balaban J connectivity index is 1.71. The van der Waals surface area contributed by atoms with Crippen LogP contribution in [-0.4, -0.2) is 36.0 Å². The van der Waals surface area contributed by atoms with Crippen LogP contribution in [0.4, 0.5) is 0 Å². The van der Waals surface area contributed by atoms with Crippen LogP contribution in [0.15, 0.2) is 0 Å². The smallest absolute Gasteiger partial charge is 0.302 e. The Hall–Kier alpha value is -0.610. The maximum Gasteiger partial charge on any atom is 0.302 e. The number of carbonyl (C=O) groups is 1. The van der Waals surface area contributed by atoms with Gasteiger partial charge in [0.1, 0.15) is 0 Å². The Morgan fingerprint density at radius 1 is 1.33 bits per heavy atom. The van der Waals surface area contributed by atoms with Gasteiger partial charge < -0.3 is 14.2 Å². The first-order valence-electron chi connectivity index (χ1n) is 5.44. The van der Waals surface area contributed by atoms with E-state index < -0.39 is 0 Å². The summed E-state index contributed by atoms with van der Waals surface area (Å²) < 4.78 is 16.5. The lowest BCUT2D eigenvalue weighted by Gasteiger charge is -2.21. The number of epoxide rings is 2. The molecule has 4 atom stereocenters. The molecule has 0 aromatic rings. The first kappa shape index (κ1) is 9.60. The molecule has 2 heterocycles. The molecule has 0 amide bonds. The highest BCUT2D eigenvalue weighted by Gasteiger charge is 2.74. The molecule has 84 valence electrons. The highest BCUT2D eigenvalue weighted by molar-refractivity contribution is 5.65. The van der Waals surface area contributed by atoms with Gasteiger partial charge in [0.25, 0.3) is 0 Å². The van der Waals surface area contributed by atoms with Crippen molar-refractivity contribution in [2.75, 3.05) is 6.61 Å². The minimum Gasteiger partial charge on any atom is -0.465 e. The van der Waals surface area contributed by atoms with Crippen LogP contribution in [-0.2, 0) is 19.0 Å². The normalized spacial score (nSPS) is 55.3. The summed E-state index contributed by atoms with van der Waals surface area (Å²) in [5.74, 6) is -0.0112. The number of rotatable bonds is 2. The Morgan fingerprint density at radius 3 is 2.33 bits per heavy atom. The topological polar surface area (TPSA) is 51.4 Å². The predicted molar refractivity (Wildman–Crippen MR) is 51.3 cm³/mol. The van der Waals surface area contributed by atoms with Crippen LogP contribution in [0.5, 0.6) is 0 Å². The van der Waals surface area contributed by atoms with E-state index in [0.717, 1.165) is 6.42 Å². The molecule has 2 aliphatic heterocycles. The average Bonchev–Trinajstić information content (AvgIpc) is 2.91. The molecule has 0 radical (unpaired) electrons. The molecule has 0 N–H and O–H groups in total. The van der Waals surface area contributed by atoms with Gasteiger partial charge in [-0.2, -0.15) is 0 Å². The van der Waals surface area contributed by atoms with Crippen molar-refractivity contribution in [1.29, 1.82) is 0 Å². The van der Waals surface area contributed by atoms with Gasteiger partial charge in [0, 0.05) is 13.3 Å². The number of hydrogen-bond acceptors (Lipinski definition) is 4. The summed E-state index contributed by atoms with van der Waals surface area (Å²) in [4.78, 5) is 10.8. The highest BCUT2D eigenvalue weighted by atomic mass is 16.7. The third-order valence-corrected chi connectivity index (χ3v) is 3.84. The zero-order valence-corrected chi connectivity index (χ0v) is 9.28. The van der Waals surface area contributed by atoms with E-state index in [4.69, 9.17) is 14.2 Å². The SMILES string of the molecule is CC(=O)OCC1C2OC2(C)CC2(C)OC12. The molecule has 15 heavy (non-hydrogen) atoms. The molecular weight excluding hydrogens is 196 g/mol. The highest BCUT2D eigenvalue weighted by Crippen LogP contribution is 2.62. The molecule has 2 saturated heterocycles. The van der Waals surface area contributed by atoms with Gasteiger partial charge >= 0.3 is 5.97 Å². The van der Waals surface area contributed by atoms with E-state index in [0.29, 0.717) is 6.61 Å². The molecule has 3 fully saturated rings. The largest absolute Gasteiger partial charge is 0.465 e. The molecule has 4 heteroatoms. The summed E-state index contributed by atoms with van der Waals surface area (Å²) in [6, 6.07) is 0. The molecule has 0 aromatic carbocycles. The maximum atomic E-state index is 10.8. The van der Waals surface area contributed by atoms with Gasteiger partial charge in [-0.25, -0.2) is 0 Å². The van der Waals surface area contributed by atoms with E-state index in [-0.39, 0.29) is 35.3 Å². The van der Waals surface area contributed by atoms with Gasteiger partial charge in [0.2, 0.25) is 0 Å². The number of fused-ring (bicyclic) bond motifs is 2. The predicted octanol–water partition coefficient (Wildman–Crippen LogP) is 0.884. The van der Waals surface area contributed by atoms with Crippen molar-refractivity contribution in [2.24, 2.45) is 5.92 Å². The third kappa shape index (κ3) is 1.31. The standard InChI is InChI=1S/C11H16O4/c1-6(12)13-4-7-8-10(2,14-8)5-11(3)9(7)15-11/h7-9H,4-5H2,1-3H3. The van der Waals surface area contributed by atoms with Crippen molar-refractivity contribution in [2.45, 2.75) is 50.6 Å². The van der Waals surface area contributed by atoms with Crippen LogP contribution >= 0.6 is 0 Å². The van der Waals surface area contributed by atoms with Crippen molar-refractivity contribution in [3.05, 3.63) is 0 Å². The Kier molecular flexibility index (Phi) is 1.63. The summed E-state index contributed by atoms with van der Waals surface area (Å²) in [6.45, 7) is 6.09. The number of ether oxygens (including phenoxy) is 3. The van der Waals surface area contributed by atoms with E-state index in [1.807, 2.05) is 0 Å². The van der Waals surface area contributed by atoms with E-state index in [9.17, 15) is 4.79 Å². The molecule has 0 aromatic heterocycles. The molecule has 1 saturated carbocycles. The van der Waals surface area contributed by atoms with Crippen molar-refractivity contribution < 1.29 is 19.0 Å². The fraction of sp³-hybridized carbons (Fsp3) is 0.909. The molecular formula is C11H16O4. The zero-order chi connectivity index (χ0) is 10.8. The lowest BCUT2D eigenvalue weighted by molar-refractivity contribution is -0.142. The molecule has 1 aliphatic carbocycles. The lowest BCUT2D eigenvalue weighted by Crippen LogP contribution is -2.38. The minimum absolute atomic E-state index is 0.0352. The summed E-state index contributed by atoms with van der Waals surface area (Å²) in [7, 11) is 0. The lowest BCUT2D eigenvalue weighted by atomic mass is 9.77. The van der Waals surface area contributed by atoms with Crippen LogP contribution in [0.1, 0.15) is 27.2 Å². The summed E-state index contributed by atoms with van der Waals surface area (Å²) >= 11 is 0.